The van der Waals surface area contributed by atoms with Crippen LogP contribution in [0.2, 0.25) is 0 Å². The molecule has 2 heterocycles. The molecule has 2 aromatic carbocycles. The second-order valence-electron chi connectivity index (χ2n) is 6.78. The zero-order valence-corrected chi connectivity index (χ0v) is 13.9. The first kappa shape index (κ1) is 16.2. The molecule has 2 saturated heterocycles. The van der Waals surface area contributed by atoms with Crippen LogP contribution in [-0.2, 0) is 16.1 Å². The lowest BCUT2D eigenvalue weighted by molar-refractivity contribution is -0.123. The van der Waals surface area contributed by atoms with Crippen molar-refractivity contribution in [2.24, 2.45) is 5.92 Å². The van der Waals surface area contributed by atoms with Crippen molar-refractivity contribution in [2.45, 2.75) is 25.2 Å². The number of para-hydroxylation sites is 1. The summed E-state index contributed by atoms with van der Waals surface area (Å²) >= 11 is 0. The van der Waals surface area contributed by atoms with E-state index in [2.05, 4.69) is 10.2 Å². The van der Waals surface area contributed by atoms with E-state index in [4.69, 9.17) is 4.74 Å². The molecule has 25 heavy (non-hydrogen) atoms. The Hall–Kier alpha value is -2.24. The average molecular weight is 340 g/mol. The van der Waals surface area contributed by atoms with Gasteiger partial charge in [-0.1, -0.05) is 36.4 Å². The minimum absolute atomic E-state index is 0.00596. The van der Waals surface area contributed by atoms with E-state index < -0.39 is 0 Å². The molecular formula is C20H21FN2O2. The largest absolute Gasteiger partial charge is 0.371 e. The highest BCUT2D eigenvalue weighted by molar-refractivity contribution is 5.93. The molecule has 0 saturated carbocycles. The SMILES string of the molecule is O=C(Nc1ccccc1)[C@H]1C[C@H]2CN(Cc3ccccc3F)C[C@H]1O2. The predicted molar refractivity (Wildman–Crippen MR) is 93.5 cm³/mol. The number of amides is 1. The summed E-state index contributed by atoms with van der Waals surface area (Å²) in [5, 5.41) is 2.97. The molecule has 0 aliphatic carbocycles. The molecule has 4 rings (SSSR count). The van der Waals surface area contributed by atoms with Crippen molar-refractivity contribution in [2.75, 3.05) is 18.4 Å². The van der Waals surface area contributed by atoms with Gasteiger partial charge >= 0.3 is 0 Å². The summed E-state index contributed by atoms with van der Waals surface area (Å²) in [6.45, 7) is 1.94. The highest BCUT2D eigenvalue weighted by Gasteiger charge is 2.44. The number of benzene rings is 2. The van der Waals surface area contributed by atoms with Gasteiger partial charge in [-0.2, -0.15) is 0 Å². The van der Waals surface area contributed by atoms with E-state index in [1.807, 2.05) is 42.5 Å². The number of nitrogens with one attached hydrogen (secondary N) is 1. The summed E-state index contributed by atoms with van der Waals surface area (Å²) < 4.78 is 19.9. The number of carbonyl (C=O) groups excluding carboxylic acids is 1. The maximum atomic E-state index is 13.9. The number of carbonyl (C=O) groups is 1. The molecule has 4 nitrogen and oxygen atoms in total. The molecule has 1 N–H and O–H groups in total. The van der Waals surface area contributed by atoms with Gasteiger partial charge in [-0.15, -0.1) is 0 Å². The first-order chi connectivity index (χ1) is 12.2. The van der Waals surface area contributed by atoms with Gasteiger partial charge < -0.3 is 10.1 Å². The van der Waals surface area contributed by atoms with Crippen LogP contribution in [-0.4, -0.2) is 36.1 Å². The molecule has 0 spiro atoms. The third-order valence-corrected chi connectivity index (χ3v) is 4.96. The Balaban J connectivity index is 1.40. The number of likely N-dealkylation sites (tertiary alicyclic amines) is 1. The Bertz CT molecular complexity index is 752. The number of rotatable bonds is 4. The second-order valence-corrected chi connectivity index (χ2v) is 6.78. The third kappa shape index (κ3) is 3.57. The van der Waals surface area contributed by atoms with Crippen LogP contribution in [0, 0.1) is 11.7 Å². The van der Waals surface area contributed by atoms with Crippen LogP contribution in [0.15, 0.2) is 54.6 Å². The van der Waals surface area contributed by atoms with E-state index in [1.54, 1.807) is 6.07 Å². The van der Waals surface area contributed by atoms with Gasteiger partial charge in [0.1, 0.15) is 5.82 Å². The van der Waals surface area contributed by atoms with Crippen LogP contribution in [0.5, 0.6) is 0 Å². The van der Waals surface area contributed by atoms with Crippen LogP contribution in [0.4, 0.5) is 10.1 Å². The number of halogens is 1. The smallest absolute Gasteiger partial charge is 0.230 e. The highest BCUT2D eigenvalue weighted by atomic mass is 19.1. The van der Waals surface area contributed by atoms with E-state index in [9.17, 15) is 9.18 Å². The number of hydrogen-bond acceptors (Lipinski definition) is 3. The van der Waals surface area contributed by atoms with Gasteiger partial charge in [0.25, 0.3) is 0 Å². The Labute approximate surface area is 146 Å². The van der Waals surface area contributed by atoms with E-state index >= 15 is 0 Å². The van der Waals surface area contributed by atoms with E-state index in [-0.39, 0.29) is 29.9 Å². The van der Waals surface area contributed by atoms with Gasteiger partial charge in [0.05, 0.1) is 18.1 Å². The second kappa shape index (κ2) is 6.94. The zero-order chi connectivity index (χ0) is 17.2. The minimum Gasteiger partial charge on any atom is -0.371 e. The number of morpholine rings is 1. The standard InChI is InChI=1S/C20H21FN2O2/c21-18-9-5-4-6-14(18)11-23-12-16-10-17(19(13-23)25-16)20(24)22-15-7-2-1-3-8-15/h1-9,16-17,19H,10-13H2,(H,22,24)/t16-,17-,19+/m0/s1. The summed E-state index contributed by atoms with van der Waals surface area (Å²) in [6.07, 6.45) is 0.628. The third-order valence-electron chi connectivity index (χ3n) is 4.96. The molecule has 1 amide bonds. The Morgan fingerprint density at radius 1 is 1.12 bits per heavy atom. The summed E-state index contributed by atoms with van der Waals surface area (Å²) in [5.41, 5.74) is 1.49. The average Bonchev–Trinajstić information content (AvgIpc) is 2.92. The highest BCUT2D eigenvalue weighted by Crippen LogP contribution is 2.33. The number of ether oxygens (including phenoxy) is 1. The Morgan fingerprint density at radius 2 is 1.88 bits per heavy atom. The number of hydrogen-bond donors (Lipinski definition) is 1. The lowest BCUT2D eigenvalue weighted by Gasteiger charge is -2.32. The number of fused-ring (bicyclic) bond motifs is 2. The van der Waals surface area contributed by atoms with Crippen LogP contribution >= 0.6 is 0 Å². The molecule has 0 unspecified atom stereocenters. The summed E-state index contributed by atoms with van der Waals surface area (Å²) in [4.78, 5) is 14.8. The van der Waals surface area contributed by atoms with E-state index in [1.165, 1.54) is 6.07 Å². The molecule has 2 bridgehead atoms. The van der Waals surface area contributed by atoms with Gasteiger partial charge in [-0.3, -0.25) is 9.69 Å². The summed E-state index contributed by atoms with van der Waals surface area (Å²) in [5.74, 6) is -0.332. The van der Waals surface area contributed by atoms with Crippen molar-refractivity contribution < 1.29 is 13.9 Å². The van der Waals surface area contributed by atoms with Crippen molar-refractivity contribution >= 4 is 11.6 Å². The van der Waals surface area contributed by atoms with Crippen LogP contribution < -0.4 is 5.32 Å². The Kier molecular flexibility index (Phi) is 4.51. The van der Waals surface area contributed by atoms with Crippen LogP contribution in [0.3, 0.4) is 0 Å². The number of anilines is 1. The first-order valence-corrected chi connectivity index (χ1v) is 8.66. The fourth-order valence-electron chi connectivity index (χ4n) is 3.77. The van der Waals surface area contributed by atoms with Crippen molar-refractivity contribution in [3.05, 3.63) is 66.0 Å². The topological polar surface area (TPSA) is 41.6 Å². The van der Waals surface area contributed by atoms with Gasteiger partial charge in [0.15, 0.2) is 0 Å². The van der Waals surface area contributed by atoms with Gasteiger partial charge in [0.2, 0.25) is 5.91 Å². The van der Waals surface area contributed by atoms with Crippen molar-refractivity contribution in [3.63, 3.8) is 0 Å². The normalized spacial score (nSPS) is 25.7. The predicted octanol–water partition coefficient (Wildman–Crippen LogP) is 3.05. The lowest BCUT2D eigenvalue weighted by Crippen LogP contribution is -2.44. The van der Waals surface area contributed by atoms with Crippen molar-refractivity contribution in [1.29, 1.82) is 0 Å². The molecule has 2 aromatic rings. The van der Waals surface area contributed by atoms with Gasteiger partial charge in [0, 0.05) is 30.9 Å². The molecule has 130 valence electrons. The first-order valence-electron chi connectivity index (χ1n) is 8.66. The molecular weight excluding hydrogens is 319 g/mol. The molecule has 3 atom stereocenters. The number of nitrogens with zero attached hydrogens (tertiary/aromatic N) is 1. The monoisotopic (exact) mass is 340 g/mol. The maximum Gasteiger partial charge on any atom is 0.230 e. The molecule has 2 aliphatic rings. The fourth-order valence-corrected chi connectivity index (χ4v) is 3.77. The lowest BCUT2D eigenvalue weighted by atomic mass is 9.99. The van der Waals surface area contributed by atoms with Crippen molar-refractivity contribution in [3.8, 4) is 0 Å². The molecule has 0 radical (unpaired) electrons. The summed E-state index contributed by atoms with van der Waals surface area (Å²) in [7, 11) is 0. The molecule has 2 aliphatic heterocycles. The molecule has 2 fully saturated rings. The summed E-state index contributed by atoms with van der Waals surface area (Å²) in [6, 6.07) is 16.3. The van der Waals surface area contributed by atoms with E-state index in [0.29, 0.717) is 18.7 Å². The Morgan fingerprint density at radius 3 is 2.68 bits per heavy atom. The van der Waals surface area contributed by atoms with Crippen molar-refractivity contribution in [1.82, 2.24) is 4.90 Å². The van der Waals surface area contributed by atoms with Crippen LogP contribution in [0.25, 0.3) is 0 Å². The maximum absolute atomic E-state index is 13.9. The molecule has 5 heteroatoms. The fraction of sp³-hybridized carbons (Fsp3) is 0.350. The van der Waals surface area contributed by atoms with Gasteiger partial charge in [-0.05, 0) is 24.6 Å². The van der Waals surface area contributed by atoms with Gasteiger partial charge in [-0.25, -0.2) is 4.39 Å². The van der Waals surface area contributed by atoms with E-state index in [0.717, 1.165) is 18.7 Å². The molecule has 0 aromatic heterocycles. The minimum atomic E-state index is -0.181. The quantitative estimate of drug-likeness (QED) is 0.930. The zero-order valence-electron chi connectivity index (χ0n) is 13.9. The van der Waals surface area contributed by atoms with Crippen LogP contribution in [0.1, 0.15) is 12.0 Å².